The molecule has 5 amide bonds. The summed E-state index contributed by atoms with van der Waals surface area (Å²) >= 11 is 0. The van der Waals surface area contributed by atoms with Gasteiger partial charge in [-0.25, -0.2) is 4.39 Å². The summed E-state index contributed by atoms with van der Waals surface area (Å²) in [4.78, 5) is 75.5. The van der Waals surface area contributed by atoms with Crippen molar-refractivity contribution in [2.24, 2.45) is 17.4 Å². The number of rotatable bonds is 22. The third kappa shape index (κ3) is 14.9. The maximum atomic E-state index is 15.2. The van der Waals surface area contributed by atoms with Crippen molar-refractivity contribution in [2.45, 2.75) is 82.0 Å². The van der Waals surface area contributed by atoms with Crippen molar-refractivity contribution in [3.05, 3.63) is 108 Å². The van der Waals surface area contributed by atoms with Gasteiger partial charge in [-0.2, -0.15) is 0 Å². The van der Waals surface area contributed by atoms with E-state index in [2.05, 4.69) is 36.9 Å². The molecule has 13 N–H and O–H groups in total. The van der Waals surface area contributed by atoms with Gasteiger partial charge < -0.3 is 67.8 Å². The minimum absolute atomic E-state index is 0.00615. The van der Waals surface area contributed by atoms with Crippen LogP contribution in [0, 0.1) is 17.1 Å². The molecule has 1 aliphatic heterocycles. The Morgan fingerprint density at radius 1 is 0.877 bits per heavy atom. The highest BCUT2D eigenvalue weighted by molar-refractivity contribution is 5.98. The Balaban J connectivity index is 1.12. The number of fused-ring (bicyclic) bond motifs is 1. The summed E-state index contributed by atoms with van der Waals surface area (Å²) in [7, 11) is 1.58. The molecule has 4 aromatic carbocycles. The van der Waals surface area contributed by atoms with Gasteiger partial charge >= 0.3 is 0 Å². The number of nitrogens with two attached hydrogens (primary N) is 2. The standard InChI is InChI=1S/C53H66FN11O8/c1-72-47-11-3-2-9-39(47)33-14-12-32(13-15-33)25-44(64-52(71)45(63-49(68)34-7-6-8-36(55)26-34)27-35-30-59-42-18-17-38(66)29-40(35)42)51(70)62-43(10-4-5-20-58-53(56)57)50(69)60-31-48(67)61-37-16-19-46(41(54)28-37)65-21-23-73-24-22-65/h2-3,9,11-19,28-30,34,36,43-45,59,66H,4-8,10,20-27,31,55H2,1H3,(H,60,69)(H,61,67)(H,62,70)(H,63,68)(H,64,71)(H4,56,57,58). The molecule has 2 aliphatic rings. The number of nitrogens with one attached hydrogen (secondary N) is 8. The van der Waals surface area contributed by atoms with Gasteiger partial charge in [-0.05, 0) is 97.7 Å². The summed E-state index contributed by atoms with van der Waals surface area (Å²) in [5, 5.41) is 35.1. The number of hydrogen-bond acceptors (Lipinski definition) is 11. The van der Waals surface area contributed by atoms with Crippen LogP contribution in [0.25, 0.3) is 22.0 Å². The number of hydrogen-bond donors (Lipinski definition) is 11. The van der Waals surface area contributed by atoms with Crippen LogP contribution < -0.4 is 53.0 Å². The maximum Gasteiger partial charge on any atom is 0.243 e. The molecule has 2 heterocycles. The Hall–Kier alpha value is -7.71. The first-order valence-electron chi connectivity index (χ1n) is 24.7. The summed E-state index contributed by atoms with van der Waals surface area (Å²) in [6.45, 7) is 1.80. The summed E-state index contributed by atoms with van der Waals surface area (Å²) in [5.41, 5.74) is 16.0. The number of amides is 5. The Kier molecular flexibility index (Phi) is 18.6. The van der Waals surface area contributed by atoms with Gasteiger partial charge in [-0.15, -0.1) is 0 Å². The van der Waals surface area contributed by atoms with E-state index in [0.717, 1.165) is 24.0 Å². The van der Waals surface area contributed by atoms with Crippen molar-refractivity contribution in [1.82, 2.24) is 31.6 Å². The third-order valence-electron chi connectivity index (χ3n) is 13.2. The zero-order valence-corrected chi connectivity index (χ0v) is 40.9. The molecule has 5 unspecified atom stereocenters. The normalized spacial score (nSPS) is 16.8. The first-order chi connectivity index (χ1) is 35.2. The quantitative estimate of drug-likeness (QED) is 0.0269. The Morgan fingerprint density at radius 3 is 2.34 bits per heavy atom. The third-order valence-corrected chi connectivity index (χ3v) is 13.2. The lowest BCUT2D eigenvalue weighted by atomic mass is 9.85. The van der Waals surface area contributed by atoms with Gasteiger partial charge in [0.25, 0.3) is 0 Å². The number of carbonyl (C=O) groups excluding carboxylic acids is 5. The molecule has 1 aromatic heterocycles. The summed E-state index contributed by atoms with van der Waals surface area (Å²) < 4.78 is 26.1. The molecule has 2 fully saturated rings. The lowest BCUT2D eigenvalue weighted by Crippen LogP contribution is -2.58. The van der Waals surface area contributed by atoms with Gasteiger partial charge in [-0.1, -0.05) is 48.9 Å². The number of nitrogens with zero attached hydrogens (tertiary/aromatic N) is 1. The fourth-order valence-corrected chi connectivity index (χ4v) is 9.32. The number of para-hydroxylation sites is 1. The molecule has 0 bridgehead atoms. The number of benzene rings is 4. The van der Waals surface area contributed by atoms with E-state index in [0.29, 0.717) is 92.0 Å². The van der Waals surface area contributed by atoms with E-state index >= 15 is 4.39 Å². The topological polar surface area (TPSA) is 291 Å². The Morgan fingerprint density at radius 2 is 1.62 bits per heavy atom. The number of anilines is 2. The lowest BCUT2D eigenvalue weighted by molar-refractivity contribution is -0.134. The number of aromatic hydroxyl groups is 1. The number of aromatic nitrogens is 1. The molecule has 73 heavy (non-hydrogen) atoms. The SMILES string of the molecule is COc1ccccc1-c1ccc(CC(NC(=O)C(Cc2c[nH]c3ccc(O)cc23)NC(=O)C2CCCC(N)C2)C(=O)NC(CCCCNC(=N)N)C(=O)NCC(=O)Nc2ccc(N3CCOCC3)c(F)c2)cc1. The monoisotopic (exact) mass is 1000 g/mol. The molecule has 0 radical (unpaired) electrons. The zero-order chi connectivity index (χ0) is 51.9. The first-order valence-corrected chi connectivity index (χ1v) is 24.7. The largest absolute Gasteiger partial charge is 0.508 e. The van der Waals surface area contributed by atoms with Crippen molar-refractivity contribution in [1.29, 1.82) is 5.41 Å². The van der Waals surface area contributed by atoms with E-state index in [1.807, 2.05) is 53.4 Å². The number of ether oxygens (including phenoxy) is 2. The number of morpholine rings is 1. The minimum Gasteiger partial charge on any atom is -0.508 e. The van der Waals surface area contributed by atoms with Crippen LogP contribution in [0.3, 0.4) is 0 Å². The molecule has 1 saturated carbocycles. The van der Waals surface area contributed by atoms with Gasteiger partial charge in [-0.3, -0.25) is 29.4 Å². The summed E-state index contributed by atoms with van der Waals surface area (Å²) in [6.07, 6.45) is 5.19. The van der Waals surface area contributed by atoms with Crippen LogP contribution in [0.2, 0.25) is 0 Å². The molecule has 5 aromatic rings. The minimum atomic E-state index is -1.30. The van der Waals surface area contributed by atoms with Crippen LogP contribution in [0.1, 0.15) is 56.1 Å². The molecule has 388 valence electrons. The molecule has 5 atom stereocenters. The smallest absolute Gasteiger partial charge is 0.243 e. The van der Waals surface area contributed by atoms with Gasteiger partial charge in [0.05, 0.1) is 32.6 Å². The molecule has 1 aliphatic carbocycles. The van der Waals surface area contributed by atoms with Crippen LogP contribution >= 0.6 is 0 Å². The van der Waals surface area contributed by atoms with Crippen molar-refractivity contribution in [2.75, 3.05) is 56.7 Å². The zero-order valence-electron chi connectivity index (χ0n) is 40.9. The number of carbonyl (C=O) groups is 5. The predicted molar refractivity (Wildman–Crippen MR) is 276 cm³/mol. The predicted octanol–water partition coefficient (Wildman–Crippen LogP) is 3.69. The molecule has 19 nitrogen and oxygen atoms in total. The number of halogens is 1. The molecule has 7 rings (SSSR count). The number of phenols is 1. The second kappa shape index (κ2) is 25.6. The highest BCUT2D eigenvalue weighted by atomic mass is 19.1. The van der Waals surface area contributed by atoms with Gasteiger partial charge in [0.1, 0.15) is 35.4 Å². The van der Waals surface area contributed by atoms with Crippen LogP contribution in [0.5, 0.6) is 11.5 Å². The number of aromatic amines is 1. The van der Waals surface area contributed by atoms with E-state index in [4.69, 9.17) is 26.4 Å². The lowest BCUT2D eigenvalue weighted by Gasteiger charge is -2.29. The fraction of sp³-hybridized carbons (Fsp3) is 0.396. The van der Waals surface area contributed by atoms with Gasteiger partial charge in [0.15, 0.2) is 5.96 Å². The first kappa shape index (κ1) is 53.1. The number of methoxy groups -OCH3 is 1. The average molecular weight is 1000 g/mol. The van der Waals surface area contributed by atoms with Crippen molar-refractivity contribution < 1.29 is 42.9 Å². The average Bonchev–Trinajstić information content (AvgIpc) is 3.78. The number of H-pyrrole nitrogens is 1. The highest BCUT2D eigenvalue weighted by Crippen LogP contribution is 2.31. The molecule has 20 heteroatoms. The van der Waals surface area contributed by atoms with E-state index in [1.165, 1.54) is 12.1 Å². The van der Waals surface area contributed by atoms with Crippen LogP contribution in [-0.4, -0.2) is 116 Å². The Bertz CT molecular complexity index is 2730. The highest BCUT2D eigenvalue weighted by Gasteiger charge is 2.33. The molecular weight excluding hydrogens is 938 g/mol. The summed E-state index contributed by atoms with van der Waals surface area (Å²) in [6, 6.07) is 20.2. The van der Waals surface area contributed by atoms with Crippen LogP contribution in [-0.2, 0) is 41.6 Å². The second-order valence-corrected chi connectivity index (χ2v) is 18.5. The van der Waals surface area contributed by atoms with E-state index in [9.17, 15) is 29.1 Å². The second-order valence-electron chi connectivity index (χ2n) is 18.5. The van der Waals surface area contributed by atoms with Crippen molar-refractivity contribution in [3.63, 3.8) is 0 Å². The fourth-order valence-electron chi connectivity index (χ4n) is 9.32. The molecular formula is C53H66FN11O8. The number of guanidine groups is 1. The Labute approximate surface area is 423 Å². The van der Waals surface area contributed by atoms with Crippen molar-refractivity contribution >= 4 is 57.8 Å². The van der Waals surface area contributed by atoms with Crippen LogP contribution in [0.15, 0.2) is 91.1 Å². The number of unbranched alkanes of at least 4 members (excludes halogenated alkanes) is 1. The summed E-state index contributed by atoms with van der Waals surface area (Å²) in [5.74, 6) is -3.57. The van der Waals surface area contributed by atoms with Gasteiger partial charge in [0, 0.05) is 72.8 Å². The van der Waals surface area contributed by atoms with Crippen LogP contribution in [0.4, 0.5) is 15.8 Å². The van der Waals surface area contributed by atoms with E-state index < -0.39 is 60.0 Å². The van der Waals surface area contributed by atoms with E-state index in [1.54, 1.807) is 37.6 Å². The van der Waals surface area contributed by atoms with Crippen molar-refractivity contribution in [3.8, 4) is 22.6 Å². The molecule has 0 spiro atoms. The van der Waals surface area contributed by atoms with E-state index in [-0.39, 0.29) is 48.6 Å². The molecule has 1 saturated heterocycles. The van der Waals surface area contributed by atoms with Gasteiger partial charge in [0.2, 0.25) is 29.5 Å². The number of phenolic OH excluding ortho intramolecular Hbond substituents is 1. The maximum absolute atomic E-state index is 15.2.